The van der Waals surface area contributed by atoms with Gasteiger partial charge in [0, 0.05) is 17.1 Å². The molecule has 0 saturated heterocycles. The molecule has 0 heterocycles. The molecule has 3 rings (SSSR count). The van der Waals surface area contributed by atoms with Crippen molar-refractivity contribution >= 4 is 39.1 Å². The molecule has 1 N–H and O–H groups in total. The Morgan fingerprint density at radius 1 is 0.923 bits per heavy atom. The van der Waals surface area contributed by atoms with Gasteiger partial charge in [0.2, 0.25) is 11.8 Å². The van der Waals surface area contributed by atoms with E-state index in [1.165, 1.54) is 17.0 Å². The highest BCUT2D eigenvalue weighted by Gasteiger charge is 2.33. The molecule has 0 radical (unpaired) electrons. The van der Waals surface area contributed by atoms with Gasteiger partial charge in [-0.05, 0) is 94.6 Å². The molecular weight excluding hydrogens is 534 g/mol. The van der Waals surface area contributed by atoms with Gasteiger partial charge in [-0.1, -0.05) is 48.0 Å². The third-order valence-corrected chi connectivity index (χ3v) is 8.04. The Balaban J connectivity index is 2.06. The summed E-state index contributed by atoms with van der Waals surface area (Å²) in [5.41, 5.74) is 2.30. The zero-order valence-corrected chi connectivity index (χ0v) is 24.8. The van der Waals surface area contributed by atoms with Crippen LogP contribution in [-0.4, -0.2) is 43.3 Å². The molecule has 208 valence electrons. The van der Waals surface area contributed by atoms with Crippen molar-refractivity contribution in [3.8, 4) is 0 Å². The van der Waals surface area contributed by atoms with E-state index in [1.54, 1.807) is 55.5 Å². The highest BCUT2D eigenvalue weighted by molar-refractivity contribution is 7.92. The van der Waals surface area contributed by atoms with E-state index >= 15 is 0 Å². The third kappa shape index (κ3) is 8.07. The number of nitrogens with zero attached hydrogens (tertiary/aromatic N) is 2. The zero-order valence-electron chi connectivity index (χ0n) is 23.2. The maximum Gasteiger partial charge on any atom is 0.264 e. The van der Waals surface area contributed by atoms with Crippen molar-refractivity contribution in [2.24, 2.45) is 0 Å². The zero-order chi connectivity index (χ0) is 29.0. The number of benzene rings is 3. The van der Waals surface area contributed by atoms with E-state index in [1.807, 2.05) is 46.8 Å². The van der Waals surface area contributed by atoms with Crippen molar-refractivity contribution in [1.29, 1.82) is 0 Å². The largest absolute Gasteiger partial charge is 0.350 e. The van der Waals surface area contributed by atoms with Gasteiger partial charge < -0.3 is 10.2 Å². The fraction of sp³-hybridized carbons (Fsp3) is 0.333. The Morgan fingerprint density at radius 3 is 2.10 bits per heavy atom. The number of anilines is 1. The fourth-order valence-electron chi connectivity index (χ4n) is 4.23. The molecule has 0 aliphatic carbocycles. The van der Waals surface area contributed by atoms with E-state index in [2.05, 4.69) is 5.32 Å². The van der Waals surface area contributed by atoms with E-state index in [9.17, 15) is 18.0 Å². The summed E-state index contributed by atoms with van der Waals surface area (Å²) >= 11 is 6.19. The predicted molar refractivity (Wildman–Crippen MR) is 156 cm³/mol. The summed E-state index contributed by atoms with van der Waals surface area (Å²) in [5, 5.41) is 3.41. The number of sulfonamides is 1. The molecule has 0 bridgehead atoms. The van der Waals surface area contributed by atoms with Gasteiger partial charge in [0.05, 0.1) is 10.6 Å². The summed E-state index contributed by atoms with van der Waals surface area (Å²) in [4.78, 5) is 28.6. The molecule has 3 aromatic rings. The SMILES string of the molecule is Cc1cc(C)cc(N(CC(=O)N(Cc2cccc(Cl)c2)[C@@H](C)C(=O)NC(C)(C)C)S(=O)(=O)c2ccccc2)c1. The predicted octanol–water partition coefficient (Wildman–Crippen LogP) is 5.48. The van der Waals surface area contributed by atoms with E-state index in [0.717, 1.165) is 21.0 Å². The number of amides is 2. The summed E-state index contributed by atoms with van der Waals surface area (Å²) in [6.45, 7) is 10.5. The molecule has 0 aliphatic heterocycles. The molecular formula is C30H36ClN3O4S. The minimum absolute atomic E-state index is 0.0666. The second-order valence-electron chi connectivity index (χ2n) is 10.7. The quantitative estimate of drug-likeness (QED) is 0.369. The fourth-order valence-corrected chi connectivity index (χ4v) is 5.86. The normalized spacial score (nSPS) is 12.5. The van der Waals surface area contributed by atoms with Crippen LogP contribution in [0.15, 0.2) is 77.7 Å². The van der Waals surface area contributed by atoms with Crippen molar-refractivity contribution in [3.05, 3.63) is 94.5 Å². The highest BCUT2D eigenvalue weighted by atomic mass is 35.5. The smallest absolute Gasteiger partial charge is 0.264 e. The summed E-state index contributed by atoms with van der Waals surface area (Å²) < 4.78 is 28.8. The minimum atomic E-state index is -4.11. The molecule has 1 atom stereocenters. The molecule has 0 aromatic heterocycles. The Labute approximate surface area is 236 Å². The molecule has 0 spiro atoms. The third-order valence-electron chi connectivity index (χ3n) is 6.01. The van der Waals surface area contributed by atoms with Crippen LogP contribution in [0.1, 0.15) is 44.4 Å². The Hall–Kier alpha value is -3.36. The van der Waals surface area contributed by atoms with Crippen LogP contribution in [0.3, 0.4) is 0 Å². The molecule has 0 aliphatic rings. The number of carbonyl (C=O) groups excluding carboxylic acids is 2. The van der Waals surface area contributed by atoms with Crippen molar-refractivity contribution < 1.29 is 18.0 Å². The van der Waals surface area contributed by atoms with Crippen LogP contribution >= 0.6 is 11.6 Å². The molecule has 0 saturated carbocycles. The maximum absolute atomic E-state index is 14.0. The number of nitrogens with one attached hydrogen (secondary N) is 1. The van der Waals surface area contributed by atoms with Gasteiger partial charge in [0.15, 0.2) is 0 Å². The lowest BCUT2D eigenvalue weighted by molar-refractivity contribution is -0.140. The van der Waals surface area contributed by atoms with Crippen molar-refractivity contribution in [2.75, 3.05) is 10.8 Å². The van der Waals surface area contributed by atoms with E-state index in [0.29, 0.717) is 10.7 Å². The van der Waals surface area contributed by atoms with Crippen molar-refractivity contribution in [1.82, 2.24) is 10.2 Å². The first-order valence-corrected chi connectivity index (χ1v) is 14.5. The monoisotopic (exact) mass is 569 g/mol. The number of carbonyl (C=O) groups is 2. The molecule has 3 aromatic carbocycles. The Bertz CT molecular complexity index is 1420. The lowest BCUT2D eigenvalue weighted by Crippen LogP contribution is -2.54. The van der Waals surface area contributed by atoms with Crippen LogP contribution in [0.2, 0.25) is 5.02 Å². The van der Waals surface area contributed by atoms with Gasteiger partial charge in [-0.2, -0.15) is 0 Å². The second-order valence-corrected chi connectivity index (χ2v) is 13.0. The number of aryl methyl sites for hydroxylation is 2. The van der Waals surface area contributed by atoms with Crippen LogP contribution in [0, 0.1) is 13.8 Å². The molecule has 39 heavy (non-hydrogen) atoms. The first kappa shape index (κ1) is 30.2. The summed E-state index contributed by atoms with van der Waals surface area (Å²) in [6, 6.07) is 19.5. The van der Waals surface area contributed by atoms with Gasteiger partial charge in [-0.3, -0.25) is 13.9 Å². The second kappa shape index (κ2) is 12.2. The molecule has 7 nitrogen and oxygen atoms in total. The average molecular weight is 570 g/mol. The minimum Gasteiger partial charge on any atom is -0.350 e. The Kier molecular flexibility index (Phi) is 9.46. The van der Waals surface area contributed by atoms with Gasteiger partial charge in [-0.15, -0.1) is 0 Å². The van der Waals surface area contributed by atoms with E-state index in [4.69, 9.17) is 11.6 Å². The van der Waals surface area contributed by atoms with Crippen LogP contribution < -0.4 is 9.62 Å². The number of hydrogen-bond acceptors (Lipinski definition) is 4. The van der Waals surface area contributed by atoms with E-state index in [-0.39, 0.29) is 17.3 Å². The van der Waals surface area contributed by atoms with Gasteiger partial charge in [0.25, 0.3) is 10.0 Å². The van der Waals surface area contributed by atoms with Gasteiger partial charge in [0.1, 0.15) is 12.6 Å². The molecule has 2 amide bonds. The first-order valence-electron chi connectivity index (χ1n) is 12.7. The lowest BCUT2D eigenvalue weighted by Gasteiger charge is -2.33. The lowest BCUT2D eigenvalue weighted by atomic mass is 10.1. The number of rotatable bonds is 9. The maximum atomic E-state index is 14.0. The summed E-state index contributed by atoms with van der Waals surface area (Å²) in [5.74, 6) is -0.869. The van der Waals surface area contributed by atoms with Crippen LogP contribution in [0.25, 0.3) is 0 Å². The summed E-state index contributed by atoms with van der Waals surface area (Å²) in [6.07, 6.45) is 0. The van der Waals surface area contributed by atoms with Crippen LogP contribution in [0.5, 0.6) is 0 Å². The standard InChI is InChI=1S/C30H36ClN3O4S/c1-21-15-22(2)17-26(16-21)34(39(37,38)27-13-8-7-9-14-27)20-28(35)33(19-24-11-10-12-25(31)18-24)23(3)29(36)32-30(4,5)6/h7-18,23H,19-20H2,1-6H3,(H,32,36)/t23-/m0/s1. The molecule has 0 fully saturated rings. The molecule has 0 unspecified atom stereocenters. The summed E-state index contributed by atoms with van der Waals surface area (Å²) in [7, 11) is -4.11. The van der Waals surface area contributed by atoms with Gasteiger partial charge >= 0.3 is 0 Å². The number of halogens is 1. The molecule has 9 heteroatoms. The van der Waals surface area contributed by atoms with Crippen LogP contribution in [0.4, 0.5) is 5.69 Å². The first-order chi connectivity index (χ1) is 18.2. The van der Waals surface area contributed by atoms with Gasteiger partial charge in [-0.25, -0.2) is 8.42 Å². The topological polar surface area (TPSA) is 86.8 Å². The van der Waals surface area contributed by atoms with Crippen LogP contribution in [-0.2, 0) is 26.2 Å². The van der Waals surface area contributed by atoms with Crippen molar-refractivity contribution in [3.63, 3.8) is 0 Å². The Morgan fingerprint density at radius 2 is 1.54 bits per heavy atom. The number of hydrogen-bond donors (Lipinski definition) is 1. The average Bonchev–Trinajstić information content (AvgIpc) is 2.84. The highest BCUT2D eigenvalue weighted by Crippen LogP contribution is 2.27. The van der Waals surface area contributed by atoms with Crippen molar-refractivity contribution in [2.45, 2.75) is 64.6 Å². The van der Waals surface area contributed by atoms with E-state index < -0.39 is 34.1 Å².